The Morgan fingerprint density at radius 3 is 2.55 bits per heavy atom. The number of allylic oxidation sites excluding steroid dienone is 1. The largest absolute Gasteiger partial charge is 0.496 e. The summed E-state index contributed by atoms with van der Waals surface area (Å²) in [7, 11) is 1.64. The first kappa shape index (κ1) is 21.6. The molecule has 0 aliphatic carbocycles. The molecule has 0 atom stereocenters. The highest BCUT2D eigenvalue weighted by Crippen LogP contribution is 2.26. The van der Waals surface area contributed by atoms with Gasteiger partial charge in [-0.1, -0.05) is 35.3 Å². The van der Waals surface area contributed by atoms with Gasteiger partial charge in [-0.15, -0.1) is 0 Å². The number of nitrogens with zero attached hydrogens (tertiary/aromatic N) is 2. The molecule has 0 fully saturated rings. The van der Waals surface area contributed by atoms with Crippen molar-refractivity contribution in [3.05, 3.63) is 85.1 Å². The Kier molecular flexibility index (Phi) is 6.83. The predicted molar refractivity (Wildman–Crippen MR) is 121 cm³/mol. The minimum Gasteiger partial charge on any atom is -0.496 e. The minimum atomic E-state index is -0.150. The molecule has 0 spiro atoms. The van der Waals surface area contributed by atoms with Gasteiger partial charge in [-0.25, -0.2) is 0 Å². The summed E-state index contributed by atoms with van der Waals surface area (Å²) >= 11 is 15.5. The van der Waals surface area contributed by atoms with Crippen LogP contribution in [0, 0.1) is 13.8 Å². The lowest BCUT2D eigenvalue weighted by molar-refractivity contribution is 0.104. The molecule has 3 rings (SSSR count). The topological polar surface area (TPSA) is 44.1 Å². The Morgan fingerprint density at radius 2 is 1.93 bits per heavy atom. The van der Waals surface area contributed by atoms with Crippen molar-refractivity contribution >= 4 is 51.0 Å². The van der Waals surface area contributed by atoms with Gasteiger partial charge in [-0.2, -0.15) is 5.10 Å². The van der Waals surface area contributed by atoms with E-state index in [2.05, 4.69) is 21.0 Å². The maximum absolute atomic E-state index is 12.4. The van der Waals surface area contributed by atoms with Gasteiger partial charge >= 0.3 is 0 Å². The van der Waals surface area contributed by atoms with Crippen LogP contribution in [0.1, 0.15) is 32.9 Å². The van der Waals surface area contributed by atoms with Crippen molar-refractivity contribution in [3.63, 3.8) is 0 Å². The number of halogens is 3. The van der Waals surface area contributed by atoms with E-state index < -0.39 is 0 Å². The second kappa shape index (κ2) is 9.16. The summed E-state index contributed by atoms with van der Waals surface area (Å²) < 4.78 is 8.42. The fraction of sp³-hybridized carbons (Fsp3) is 0.182. The number of carbonyl (C=O) groups is 1. The zero-order valence-electron chi connectivity index (χ0n) is 16.2. The maximum Gasteiger partial charge on any atom is 0.185 e. The lowest BCUT2D eigenvalue weighted by Crippen LogP contribution is -2.06. The molecule has 29 heavy (non-hydrogen) atoms. The molecule has 4 nitrogen and oxygen atoms in total. The zero-order valence-corrected chi connectivity index (χ0v) is 19.3. The van der Waals surface area contributed by atoms with Crippen molar-refractivity contribution in [2.24, 2.45) is 0 Å². The fourth-order valence-electron chi connectivity index (χ4n) is 2.93. The highest BCUT2D eigenvalue weighted by atomic mass is 79.9. The number of methoxy groups -OCH3 is 1. The minimum absolute atomic E-state index is 0.150. The van der Waals surface area contributed by atoms with Crippen LogP contribution in [-0.4, -0.2) is 22.7 Å². The average molecular weight is 494 g/mol. The zero-order chi connectivity index (χ0) is 21.1. The second-order valence-electron chi connectivity index (χ2n) is 6.54. The molecule has 3 aromatic rings. The van der Waals surface area contributed by atoms with Crippen molar-refractivity contribution in [1.29, 1.82) is 0 Å². The number of ketones is 1. The highest BCUT2D eigenvalue weighted by Gasteiger charge is 2.12. The second-order valence-corrected chi connectivity index (χ2v) is 8.15. The molecule has 150 valence electrons. The summed E-state index contributed by atoms with van der Waals surface area (Å²) in [6.07, 6.45) is 3.29. The summed E-state index contributed by atoms with van der Waals surface area (Å²) in [5, 5.41) is 5.33. The molecule has 0 aliphatic heterocycles. The van der Waals surface area contributed by atoms with E-state index in [-0.39, 0.29) is 5.78 Å². The Morgan fingerprint density at radius 1 is 1.17 bits per heavy atom. The van der Waals surface area contributed by atoms with Crippen LogP contribution < -0.4 is 4.74 Å². The summed E-state index contributed by atoms with van der Waals surface area (Å²) in [6.45, 7) is 4.53. The average Bonchev–Trinajstić information content (AvgIpc) is 2.95. The van der Waals surface area contributed by atoms with E-state index in [0.717, 1.165) is 32.7 Å². The first-order chi connectivity index (χ1) is 13.8. The van der Waals surface area contributed by atoms with E-state index in [1.54, 1.807) is 31.4 Å². The summed E-state index contributed by atoms with van der Waals surface area (Å²) in [5.41, 5.74) is 4.31. The number of aromatic nitrogens is 2. The quantitative estimate of drug-likeness (QED) is 0.290. The van der Waals surface area contributed by atoms with Crippen molar-refractivity contribution in [3.8, 4) is 5.75 Å². The molecule has 0 aliphatic rings. The van der Waals surface area contributed by atoms with Crippen LogP contribution in [0.2, 0.25) is 10.0 Å². The predicted octanol–water partition coefficient (Wildman–Crippen LogP) is 6.52. The lowest BCUT2D eigenvalue weighted by Gasteiger charge is -2.11. The molecule has 2 aromatic carbocycles. The third kappa shape index (κ3) is 4.92. The van der Waals surface area contributed by atoms with Crippen LogP contribution >= 0.6 is 39.1 Å². The lowest BCUT2D eigenvalue weighted by atomic mass is 10.1. The van der Waals surface area contributed by atoms with Crippen LogP contribution in [0.5, 0.6) is 5.75 Å². The number of hydrogen-bond acceptors (Lipinski definition) is 3. The highest BCUT2D eigenvalue weighted by molar-refractivity contribution is 9.10. The standard InChI is InChI=1S/C22H19BrCl2N2O2/c1-13-22(23)14(2)27(26-13)12-17-10-15(5-9-21(17)29-3)4-8-20(28)16-6-7-18(24)19(25)11-16/h4-11H,12H2,1-3H3/b8-4+. The molecule has 0 bridgehead atoms. The molecule has 1 aromatic heterocycles. The molecule has 0 saturated carbocycles. The van der Waals surface area contributed by atoms with E-state index in [4.69, 9.17) is 27.9 Å². The van der Waals surface area contributed by atoms with Gasteiger partial charge in [0.2, 0.25) is 0 Å². The van der Waals surface area contributed by atoms with Gasteiger partial charge in [0.15, 0.2) is 5.78 Å². The normalized spacial score (nSPS) is 11.2. The van der Waals surface area contributed by atoms with Gasteiger partial charge in [0.25, 0.3) is 0 Å². The number of hydrogen-bond donors (Lipinski definition) is 0. The van der Waals surface area contributed by atoms with Gasteiger partial charge in [-0.05, 0) is 71.7 Å². The Balaban J connectivity index is 1.85. The molecule has 1 heterocycles. The number of aryl methyl sites for hydroxylation is 1. The maximum atomic E-state index is 12.4. The Labute approximate surface area is 188 Å². The van der Waals surface area contributed by atoms with Crippen molar-refractivity contribution in [2.75, 3.05) is 7.11 Å². The van der Waals surface area contributed by atoms with Crippen LogP contribution in [0.25, 0.3) is 6.08 Å². The van der Waals surface area contributed by atoms with Gasteiger partial charge < -0.3 is 4.74 Å². The van der Waals surface area contributed by atoms with Crippen LogP contribution in [0.4, 0.5) is 0 Å². The van der Waals surface area contributed by atoms with E-state index in [0.29, 0.717) is 22.2 Å². The summed E-state index contributed by atoms with van der Waals surface area (Å²) in [5.74, 6) is 0.616. The number of benzene rings is 2. The van der Waals surface area contributed by atoms with E-state index >= 15 is 0 Å². The van der Waals surface area contributed by atoms with Crippen LogP contribution in [0.3, 0.4) is 0 Å². The molecule has 0 amide bonds. The fourth-order valence-corrected chi connectivity index (χ4v) is 3.52. The first-order valence-corrected chi connectivity index (χ1v) is 10.4. The summed E-state index contributed by atoms with van der Waals surface area (Å²) in [6, 6.07) is 10.6. The van der Waals surface area contributed by atoms with Crippen molar-refractivity contribution < 1.29 is 9.53 Å². The number of carbonyl (C=O) groups excluding carboxylic acids is 1. The monoisotopic (exact) mass is 492 g/mol. The Bertz CT molecular complexity index is 1110. The van der Waals surface area contributed by atoms with E-state index in [1.165, 1.54) is 6.08 Å². The molecule has 0 unspecified atom stereocenters. The van der Waals surface area contributed by atoms with E-state index in [1.807, 2.05) is 36.7 Å². The first-order valence-electron chi connectivity index (χ1n) is 8.84. The molecule has 0 radical (unpaired) electrons. The van der Waals surface area contributed by atoms with Gasteiger partial charge in [0.05, 0.1) is 39.6 Å². The van der Waals surface area contributed by atoms with Gasteiger partial charge in [0.1, 0.15) is 5.75 Å². The molecule has 0 saturated heterocycles. The van der Waals surface area contributed by atoms with Crippen molar-refractivity contribution in [1.82, 2.24) is 9.78 Å². The third-order valence-electron chi connectivity index (χ3n) is 4.55. The van der Waals surface area contributed by atoms with Crippen LogP contribution in [-0.2, 0) is 6.54 Å². The molecule has 0 N–H and O–H groups in total. The molecule has 7 heteroatoms. The number of rotatable bonds is 6. The van der Waals surface area contributed by atoms with Crippen LogP contribution in [0.15, 0.2) is 46.9 Å². The SMILES string of the molecule is COc1ccc(/C=C/C(=O)c2ccc(Cl)c(Cl)c2)cc1Cn1nc(C)c(Br)c1C. The van der Waals surface area contributed by atoms with Gasteiger partial charge in [-0.3, -0.25) is 9.48 Å². The smallest absolute Gasteiger partial charge is 0.185 e. The number of ether oxygens (including phenoxy) is 1. The Hall–Kier alpha value is -2.08. The summed E-state index contributed by atoms with van der Waals surface area (Å²) in [4.78, 5) is 12.4. The molecular weight excluding hydrogens is 475 g/mol. The van der Waals surface area contributed by atoms with E-state index in [9.17, 15) is 4.79 Å². The van der Waals surface area contributed by atoms with Gasteiger partial charge in [0, 0.05) is 11.1 Å². The van der Waals surface area contributed by atoms with Crippen molar-refractivity contribution in [2.45, 2.75) is 20.4 Å². The third-order valence-corrected chi connectivity index (χ3v) is 6.44. The molecular formula is C22H19BrCl2N2O2.